The van der Waals surface area contributed by atoms with Gasteiger partial charge in [-0.1, -0.05) is 36.4 Å². The topological polar surface area (TPSA) is 97.4 Å². The van der Waals surface area contributed by atoms with Crippen molar-refractivity contribution in [3.8, 4) is 18.2 Å². The molecule has 0 aliphatic heterocycles. The van der Waals surface area contributed by atoms with Crippen molar-refractivity contribution in [2.24, 2.45) is 17.1 Å². The fourth-order valence-corrected chi connectivity index (χ4v) is 3.91. The fourth-order valence-electron chi connectivity index (χ4n) is 3.91. The largest absolute Gasteiger partial charge is 0.399 e. The molecule has 1 aromatic carbocycles. The average molecular weight is 300 g/mol. The summed E-state index contributed by atoms with van der Waals surface area (Å²) in [5.41, 5.74) is 6.96. The van der Waals surface area contributed by atoms with Crippen LogP contribution in [0.15, 0.2) is 53.3 Å². The lowest BCUT2D eigenvalue weighted by molar-refractivity contribution is 0.317. The van der Waals surface area contributed by atoms with E-state index in [0.29, 0.717) is 5.57 Å². The molecule has 2 aliphatic carbocycles. The summed E-state index contributed by atoms with van der Waals surface area (Å²) in [7, 11) is 0. The van der Waals surface area contributed by atoms with E-state index in [9.17, 15) is 15.8 Å². The van der Waals surface area contributed by atoms with Crippen molar-refractivity contribution in [3.05, 3.63) is 58.8 Å². The van der Waals surface area contributed by atoms with Gasteiger partial charge in [-0.15, -0.1) is 0 Å². The van der Waals surface area contributed by atoms with Crippen LogP contribution in [0, 0.1) is 45.3 Å². The van der Waals surface area contributed by atoms with E-state index < -0.39 is 5.41 Å². The Kier molecular flexibility index (Phi) is 3.65. The number of fused-ring (bicyclic) bond motifs is 1. The van der Waals surface area contributed by atoms with E-state index >= 15 is 0 Å². The number of allylic oxidation sites excluding steroid dienone is 4. The maximum Gasteiger partial charge on any atom is 0.191 e. The van der Waals surface area contributed by atoms with Crippen molar-refractivity contribution in [1.82, 2.24) is 0 Å². The van der Waals surface area contributed by atoms with Crippen LogP contribution in [0.5, 0.6) is 0 Å². The molecule has 2 N–H and O–H groups in total. The summed E-state index contributed by atoms with van der Waals surface area (Å²) in [5.74, 6) is -0.366. The molecule has 0 saturated carbocycles. The molecule has 4 heteroatoms. The molecule has 2 aliphatic rings. The number of rotatable bonds is 1. The maximum absolute atomic E-state index is 9.83. The van der Waals surface area contributed by atoms with Crippen molar-refractivity contribution in [1.29, 1.82) is 15.8 Å². The molecule has 2 atom stereocenters. The lowest BCUT2D eigenvalue weighted by atomic mass is 9.57. The first kappa shape index (κ1) is 14.9. The van der Waals surface area contributed by atoms with Gasteiger partial charge in [-0.05, 0) is 36.3 Å². The van der Waals surface area contributed by atoms with Gasteiger partial charge in [-0.3, -0.25) is 0 Å². The molecular weight excluding hydrogens is 284 g/mol. The highest BCUT2D eigenvalue weighted by Gasteiger charge is 2.53. The van der Waals surface area contributed by atoms with Crippen LogP contribution in [0.25, 0.3) is 0 Å². The molecule has 4 nitrogen and oxygen atoms in total. The molecule has 1 aromatic rings. The summed E-state index contributed by atoms with van der Waals surface area (Å²) in [6.45, 7) is 0. The molecule has 0 saturated heterocycles. The summed E-state index contributed by atoms with van der Waals surface area (Å²) in [4.78, 5) is 0. The zero-order valence-corrected chi connectivity index (χ0v) is 12.7. The SMILES string of the molecule is N#CC1=C(N)C(C#N)(C#N)[C@H](c2ccccc2)[C@@H]2CCCC=C12. The number of hydrogen-bond donors (Lipinski definition) is 1. The van der Waals surface area contributed by atoms with Crippen LogP contribution in [-0.4, -0.2) is 0 Å². The predicted molar refractivity (Wildman–Crippen MR) is 85.1 cm³/mol. The van der Waals surface area contributed by atoms with Crippen molar-refractivity contribution in [2.75, 3.05) is 0 Å². The molecule has 0 fully saturated rings. The minimum atomic E-state index is -1.49. The summed E-state index contributed by atoms with van der Waals surface area (Å²) in [6, 6.07) is 16.0. The van der Waals surface area contributed by atoms with Gasteiger partial charge in [-0.25, -0.2) is 0 Å². The highest BCUT2D eigenvalue weighted by atomic mass is 14.7. The van der Waals surface area contributed by atoms with Crippen LogP contribution in [0.3, 0.4) is 0 Å². The highest BCUT2D eigenvalue weighted by molar-refractivity contribution is 5.59. The van der Waals surface area contributed by atoms with E-state index in [-0.39, 0.29) is 17.5 Å². The standard InChI is InChI=1S/C19H16N4/c20-10-16-14-8-4-5-9-15(14)17(13-6-2-1-3-7-13)19(11-21,12-22)18(16)23/h1-3,6-8,15,17H,4-5,9,23H2/t15-,17-/m1/s1. The Morgan fingerprint density at radius 3 is 2.39 bits per heavy atom. The average Bonchev–Trinajstić information content (AvgIpc) is 2.61. The van der Waals surface area contributed by atoms with Crippen LogP contribution in [0.1, 0.15) is 30.7 Å². The highest BCUT2D eigenvalue weighted by Crippen LogP contribution is 2.55. The number of hydrogen-bond acceptors (Lipinski definition) is 4. The second-order valence-electron chi connectivity index (χ2n) is 6.02. The monoisotopic (exact) mass is 300 g/mol. The number of nitrogens with zero attached hydrogens (tertiary/aromatic N) is 3. The molecule has 0 bridgehead atoms. The summed E-state index contributed by atoms with van der Waals surface area (Å²) in [5, 5.41) is 29.2. The molecule has 23 heavy (non-hydrogen) atoms. The Labute approximate surface area is 135 Å². The first-order valence-corrected chi connectivity index (χ1v) is 7.67. The van der Waals surface area contributed by atoms with Crippen LogP contribution < -0.4 is 5.73 Å². The third kappa shape index (κ3) is 2.02. The van der Waals surface area contributed by atoms with Crippen LogP contribution in [0.4, 0.5) is 0 Å². The quantitative estimate of drug-likeness (QED) is 0.860. The zero-order chi connectivity index (χ0) is 16.4. The third-order valence-corrected chi connectivity index (χ3v) is 4.96. The predicted octanol–water partition coefficient (Wildman–Crippen LogP) is 3.28. The van der Waals surface area contributed by atoms with E-state index in [2.05, 4.69) is 18.2 Å². The first-order valence-electron chi connectivity index (χ1n) is 7.67. The zero-order valence-electron chi connectivity index (χ0n) is 12.7. The van der Waals surface area contributed by atoms with Gasteiger partial charge in [0.2, 0.25) is 0 Å². The lowest BCUT2D eigenvalue weighted by Crippen LogP contribution is -2.42. The molecule has 0 unspecified atom stereocenters. The van der Waals surface area contributed by atoms with E-state index in [0.717, 1.165) is 30.4 Å². The lowest BCUT2D eigenvalue weighted by Gasteiger charge is -2.43. The summed E-state index contributed by atoms with van der Waals surface area (Å²) in [6.07, 6.45) is 4.80. The Morgan fingerprint density at radius 2 is 1.78 bits per heavy atom. The van der Waals surface area contributed by atoms with Gasteiger partial charge < -0.3 is 5.73 Å². The van der Waals surface area contributed by atoms with Crippen LogP contribution >= 0.6 is 0 Å². The molecule has 0 aromatic heterocycles. The van der Waals surface area contributed by atoms with E-state index in [1.807, 2.05) is 36.4 Å². The molecule has 0 heterocycles. The van der Waals surface area contributed by atoms with E-state index in [4.69, 9.17) is 5.73 Å². The molecule has 0 amide bonds. The van der Waals surface area contributed by atoms with Gasteiger partial charge >= 0.3 is 0 Å². The minimum absolute atomic E-state index is 0.0209. The molecule has 0 radical (unpaired) electrons. The smallest absolute Gasteiger partial charge is 0.191 e. The van der Waals surface area contributed by atoms with Crippen LogP contribution in [-0.2, 0) is 0 Å². The van der Waals surface area contributed by atoms with E-state index in [1.165, 1.54) is 0 Å². The molecule has 0 spiro atoms. The van der Waals surface area contributed by atoms with Crippen molar-refractivity contribution in [2.45, 2.75) is 25.2 Å². The number of nitrogens with two attached hydrogens (primary N) is 1. The third-order valence-electron chi connectivity index (χ3n) is 4.96. The Bertz CT molecular complexity index is 798. The summed E-state index contributed by atoms with van der Waals surface area (Å²) < 4.78 is 0. The Morgan fingerprint density at radius 1 is 1.09 bits per heavy atom. The van der Waals surface area contributed by atoms with Gasteiger partial charge in [-0.2, -0.15) is 15.8 Å². The van der Waals surface area contributed by atoms with Crippen molar-refractivity contribution >= 4 is 0 Å². The molecule has 3 rings (SSSR count). The van der Waals surface area contributed by atoms with Gasteiger partial charge in [0.25, 0.3) is 0 Å². The van der Waals surface area contributed by atoms with Crippen molar-refractivity contribution in [3.63, 3.8) is 0 Å². The minimum Gasteiger partial charge on any atom is -0.399 e. The second-order valence-corrected chi connectivity index (χ2v) is 6.02. The number of benzene rings is 1. The van der Waals surface area contributed by atoms with E-state index in [1.54, 1.807) is 0 Å². The second kappa shape index (κ2) is 5.64. The van der Waals surface area contributed by atoms with Crippen molar-refractivity contribution < 1.29 is 0 Å². The first-order chi connectivity index (χ1) is 11.2. The Balaban J connectivity index is 2.33. The van der Waals surface area contributed by atoms with Gasteiger partial charge in [0, 0.05) is 5.92 Å². The molecule has 112 valence electrons. The maximum atomic E-state index is 9.83. The van der Waals surface area contributed by atoms with Gasteiger partial charge in [0.1, 0.15) is 6.07 Å². The number of nitriles is 3. The molecular formula is C19H16N4. The normalized spacial score (nSPS) is 25.3. The van der Waals surface area contributed by atoms with Gasteiger partial charge in [0.15, 0.2) is 5.41 Å². The van der Waals surface area contributed by atoms with Crippen LogP contribution in [0.2, 0.25) is 0 Å². The van der Waals surface area contributed by atoms with Gasteiger partial charge in [0.05, 0.1) is 23.4 Å². The summed E-state index contributed by atoms with van der Waals surface area (Å²) >= 11 is 0. The fraction of sp³-hybridized carbons (Fsp3) is 0.316. The Hall–Kier alpha value is -3.03.